The van der Waals surface area contributed by atoms with Gasteiger partial charge in [-0.15, -0.1) is 0 Å². The van der Waals surface area contributed by atoms with E-state index in [1.54, 1.807) is 18.2 Å². The zero-order chi connectivity index (χ0) is 15.7. The van der Waals surface area contributed by atoms with E-state index in [0.717, 1.165) is 12.5 Å². The van der Waals surface area contributed by atoms with E-state index >= 15 is 0 Å². The monoisotopic (exact) mass is 293 g/mol. The van der Waals surface area contributed by atoms with E-state index in [1.165, 1.54) is 6.07 Å². The molecule has 0 heterocycles. The van der Waals surface area contributed by atoms with Crippen molar-refractivity contribution in [3.8, 4) is 0 Å². The minimum absolute atomic E-state index is 0.0775. The first-order chi connectivity index (χ1) is 10.0. The lowest BCUT2D eigenvalue weighted by Crippen LogP contribution is -2.41. The molecule has 116 valence electrons. The topological polar surface area (TPSA) is 91.6 Å². The largest absolute Gasteiger partial charge is 0.378 e. The number of aliphatic imine (C=N–C) groups is 1. The van der Waals surface area contributed by atoms with Gasteiger partial charge in [-0.05, 0) is 26.8 Å². The molecule has 1 aromatic carbocycles. The number of para-hydroxylation sites is 2. The molecule has 1 rings (SSSR count). The number of nitro benzene ring substituents is 1. The maximum absolute atomic E-state index is 10.9. The predicted molar refractivity (Wildman–Crippen MR) is 85.8 cm³/mol. The number of hydrogen-bond acceptors (Lipinski definition) is 4. The summed E-state index contributed by atoms with van der Waals surface area (Å²) < 4.78 is 0. The van der Waals surface area contributed by atoms with Crippen molar-refractivity contribution < 1.29 is 4.92 Å². The second kappa shape index (κ2) is 8.78. The minimum Gasteiger partial charge on any atom is -0.378 e. The second-order valence-electron chi connectivity index (χ2n) is 4.76. The van der Waals surface area contributed by atoms with Crippen molar-refractivity contribution in [2.75, 3.05) is 25.0 Å². The van der Waals surface area contributed by atoms with Crippen molar-refractivity contribution in [2.45, 2.75) is 26.8 Å². The molecule has 7 nitrogen and oxygen atoms in total. The first-order valence-electron chi connectivity index (χ1n) is 7.06. The number of rotatable bonds is 7. The highest BCUT2D eigenvalue weighted by molar-refractivity contribution is 5.80. The number of nitro groups is 1. The van der Waals surface area contributed by atoms with Crippen molar-refractivity contribution in [2.24, 2.45) is 4.99 Å². The van der Waals surface area contributed by atoms with E-state index in [2.05, 4.69) is 20.9 Å². The molecule has 0 fully saturated rings. The Morgan fingerprint density at radius 1 is 1.38 bits per heavy atom. The third-order valence-electron chi connectivity index (χ3n) is 2.57. The molecule has 0 radical (unpaired) electrons. The molecule has 0 aliphatic rings. The first-order valence-corrected chi connectivity index (χ1v) is 7.06. The molecule has 0 bridgehead atoms. The van der Waals surface area contributed by atoms with Crippen LogP contribution in [0.15, 0.2) is 29.3 Å². The number of guanidine groups is 1. The molecule has 0 aromatic heterocycles. The third-order valence-corrected chi connectivity index (χ3v) is 2.57. The average molecular weight is 293 g/mol. The van der Waals surface area contributed by atoms with Gasteiger partial charge in [0, 0.05) is 25.2 Å². The van der Waals surface area contributed by atoms with Crippen molar-refractivity contribution in [3.63, 3.8) is 0 Å². The Labute approximate surface area is 125 Å². The summed E-state index contributed by atoms with van der Waals surface area (Å²) in [6.07, 6.45) is 0. The Bertz CT molecular complexity index is 488. The summed E-state index contributed by atoms with van der Waals surface area (Å²) in [6.45, 7) is 7.92. The fourth-order valence-corrected chi connectivity index (χ4v) is 1.73. The van der Waals surface area contributed by atoms with Crippen molar-refractivity contribution in [1.29, 1.82) is 0 Å². The van der Waals surface area contributed by atoms with Crippen LogP contribution in [0.1, 0.15) is 20.8 Å². The van der Waals surface area contributed by atoms with Crippen LogP contribution in [-0.4, -0.2) is 36.6 Å². The molecule has 21 heavy (non-hydrogen) atoms. The highest BCUT2D eigenvalue weighted by Crippen LogP contribution is 2.22. The maximum atomic E-state index is 10.9. The lowest BCUT2D eigenvalue weighted by molar-refractivity contribution is -0.384. The molecule has 7 heteroatoms. The first kappa shape index (κ1) is 16.7. The molecule has 0 aliphatic heterocycles. The van der Waals surface area contributed by atoms with E-state index in [-0.39, 0.29) is 5.69 Å². The highest BCUT2D eigenvalue weighted by atomic mass is 16.6. The Morgan fingerprint density at radius 2 is 2.10 bits per heavy atom. The molecule has 0 atom stereocenters. The number of nitrogens with one attached hydrogen (secondary N) is 3. The van der Waals surface area contributed by atoms with Gasteiger partial charge in [0.2, 0.25) is 0 Å². The molecule has 0 saturated heterocycles. The van der Waals surface area contributed by atoms with Crippen molar-refractivity contribution >= 4 is 17.3 Å². The number of anilines is 1. The lowest BCUT2D eigenvalue weighted by Gasteiger charge is -2.14. The zero-order valence-corrected chi connectivity index (χ0v) is 12.7. The van der Waals surface area contributed by atoms with E-state index < -0.39 is 4.92 Å². The van der Waals surface area contributed by atoms with Gasteiger partial charge in [-0.3, -0.25) is 15.1 Å². The zero-order valence-electron chi connectivity index (χ0n) is 12.7. The van der Waals surface area contributed by atoms with Crippen LogP contribution < -0.4 is 16.0 Å². The highest BCUT2D eigenvalue weighted by Gasteiger charge is 2.11. The van der Waals surface area contributed by atoms with E-state index in [4.69, 9.17) is 0 Å². The summed E-state index contributed by atoms with van der Waals surface area (Å²) in [5, 5.41) is 20.3. The van der Waals surface area contributed by atoms with Crippen LogP contribution in [0.5, 0.6) is 0 Å². The second-order valence-corrected chi connectivity index (χ2v) is 4.76. The molecule has 0 unspecified atom stereocenters. The smallest absolute Gasteiger partial charge is 0.292 e. The molecular formula is C14H23N5O2. The fraction of sp³-hybridized carbons (Fsp3) is 0.500. The average Bonchev–Trinajstić information content (AvgIpc) is 2.43. The van der Waals surface area contributed by atoms with Crippen LogP contribution in [0.4, 0.5) is 11.4 Å². The number of hydrogen-bond donors (Lipinski definition) is 3. The van der Waals surface area contributed by atoms with E-state index in [9.17, 15) is 10.1 Å². The van der Waals surface area contributed by atoms with Crippen LogP contribution in [-0.2, 0) is 0 Å². The van der Waals surface area contributed by atoms with Gasteiger partial charge in [0.1, 0.15) is 5.69 Å². The van der Waals surface area contributed by atoms with Crippen LogP contribution in [0.2, 0.25) is 0 Å². The van der Waals surface area contributed by atoms with Gasteiger partial charge in [-0.2, -0.15) is 0 Å². The molecule has 0 amide bonds. The fourth-order valence-electron chi connectivity index (χ4n) is 1.73. The molecule has 0 saturated carbocycles. The normalized spacial score (nSPS) is 11.3. The van der Waals surface area contributed by atoms with Gasteiger partial charge in [0.15, 0.2) is 5.96 Å². The lowest BCUT2D eigenvalue weighted by atomic mass is 10.2. The van der Waals surface area contributed by atoms with Crippen LogP contribution in [0.25, 0.3) is 0 Å². The number of nitrogens with zero attached hydrogens (tertiary/aromatic N) is 2. The maximum Gasteiger partial charge on any atom is 0.292 e. The van der Waals surface area contributed by atoms with E-state index in [0.29, 0.717) is 24.8 Å². The summed E-state index contributed by atoms with van der Waals surface area (Å²) in [5.74, 6) is 0.747. The van der Waals surface area contributed by atoms with Crippen molar-refractivity contribution in [1.82, 2.24) is 10.6 Å². The van der Waals surface area contributed by atoms with Crippen LogP contribution >= 0.6 is 0 Å². The standard InChI is InChI=1S/C14H23N5O2/c1-4-15-14(18-11(2)3)17-10-9-16-12-7-5-6-8-13(12)19(20)21/h5-8,11,16H,4,9-10H2,1-3H3,(H2,15,17,18). The van der Waals surface area contributed by atoms with Crippen LogP contribution in [0, 0.1) is 10.1 Å². The Balaban J connectivity index is 2.54. The summed E-state index contributed by atoms with van der Waals surface area (Å²) in [4.78, 5) is 14.9. The third kappa shape index (κ3) is 6.11. The summed E-state index contributed by atoms with van der Waals surface area (Å²) in [7, 11) is 0. The predicted octanol–water partition coefficient (Wildman–Crippen LogP) is 1.97. The molecule has 1 aromatic rings. The Hall–Kier alpha value is -2.31. The van der Waals surface area contributed by atoms with Crippen molar-refractivity contribution in [3.05, 3.63) is 34.4 Å². The van der Waals surface area contributed by atoms with Gasteiger partial charge in [0.25, 0.3) is 5.69 Å². The summed E-state index contributed by atoms with van der Waals surface area (Å²) in [5.41, 5.74) is 0.591. The molecular weight excluding hydrogens is 270 g/mol. The number of benzene rings is 1. The SMILES string of the molecule is CCNC(=NCCNc1ccccc1[N+](=O)[O-])NC(C)C. The van der Waals surface area contributed by atoms with Gasteiger partial charge in [0.05, 0.1) is 11.5 Å². The minimum atomic E-state index is -0.393. The van der Waals surface area contributed by atoms with Gasteiger partial charge in [-0.1, -0.05) is 12.1 Å². The summed E-state index contributed by atoms with van der Waals surface area (Å²) >= 11 is 0. The van der Waals surface area contributed by atoms with E-state index in [1.807, 2.05) is 20.8 Å². The molecule has 0 aliphatic carbocycles. The summed E-state index contributed by atoms with van der Waals surface area (Å²) in [6, 6.07) is 6.89. The molecule has 3 N–H and O–H groups in total. The van der Waals surface area contributed by atoms with Gasteiger partial charge in [-0.25, -0.2) is 0 Å². The Kier molecular flexibility index (Phi) is 7.00. The Morgan fingerprint density at radius 3 is 2.71 bits per heavy atom. The van der Waals surface area contributed by atoms with Gasteiger partial charge >= 0.3 is 0 Å². The van der Waals surface area contributed by atoms with Gasteiger partial charge < -0.3 is 16.0 Å². The quantitative estimate of drug-likeness (QED) is 0.235. The van der Waals surface area contributed by atoms with Crippen LogP contribution in [0.3, 0.4) is 0 Å². The molecule has 0 spiro atoms.